The largest absolute Gasteiger partial charge is 0.354 e. The number of piperazine rings is 1. The average Bonchev–Trinajstić information content (AvgIpc) is 2.68. The molecular formula is C23H33N5O. The molecule has 156 valence electrons. The maximum atomic E-state index is 13.0. The van der Waals surface area contributed by atoms with Gasteiger partial charge in [-0.3, -0.25) is 9.69 Å². The fraction of sp³-hybridized carbons (Fsp3) is 0.522. The van der Waals surface area contributed by atoms with Crippen LogP contribution in [0, 0.1) is 6.92 Å². The highest BCUT2D eigenvalue weighted by molar-refractivity contribution is 5.95. The molecular weight excluding hydrogens is 362 g/mol. The molecule has 6 heteroatoms. The summed E-state index contributed by atoms with van der Waals surface area (Å²) >= 11 is 0. The molecule has 0 bridgehead atoms. The van der Waals surface area contributed by atoms with E-state index in [2.05, 4.69) is 48.5 Å². The van der Waals surface area contributed by atoms with Gasteiger partial charge in [0.05, 0.1) is 6.54 Å². The molecule has 0 saturated carbocycles. The van der Waals surface area contributed by atoms with Gasteiger partial charge in [0.2, 0.25) is 5.91 Å². The Labute approximate surface area is 174 Å². The number of nitrogens with zero attached hydrogens (tertiary/aromatic N) is 5. The van der Waals surface area contributed by atoms with Crippen molar-refractivity contribution in [3.8, 4) is 0 Å². The number of aryl methyl sites for hydroxylation is 1. The van der Waals surface area contributed by atoms with Crippen LogP contribution in [-0.4, -0.2) is 59.5 Å². The molecule has 1 aliphatic rings. The zero-order chi connectivity index (χ0) is 21.0. The zero-order valence-corrected chi connectivity index (χ0v) is 18.3. The lowest BCUT2D eigenvalue weighted by Gasteiger charge is -2.36. The molecule has 0 radical (unpaired) electrons. The predicted octanol–water partition coefficient (Wildman–Crippen LogP) is 3.47. The summed E-state index contributed by atoms with van der Waals surface area (Å²) in [4.78, 5) is 28.8. The van der Waals surface area contributed by atoms with E-state index in [0.717, 1.165) is 49.2 Å². The van der Waals surface area contributed by atoms with E-state index in [4.69, 9.17) is 4.98 Å². The summed E-state index contributed by atoms with van der Waals surface area (Å²) in [5.74, 6) is 2.36. The van der Waals surface area contributed by atoms with Crippen molar-refractivity contribution in [3.05, 3.63) is 47.9 Å². The van der Waals surface area contributed by atoms with Crippen molar-refractivity contribution in [2.45, 2.75) is 46.6 Å². The summed E-state index contributed by atoms with van der Waals surface area (Å²) in [5, 5.41) is 0. The Morgan fingerprint density at radius 2 is 1.69 bits per heavy atom. The second-order valence-corrected chi connectivity index (χ2v) is 8.34. The van der Waals surface area contributed by atoms with E-state index in [1.165, 1.54) is 0 Å². The minimum Gasteiger partial charge on any atom is -0.354 e. The summed E-state index contributed by atoms with van der Waals surface area (Å²) < 4.78 is 0. The maximum absolute atomic E-state index is 13.0. The fourth-order valence-corrected chi connectivity index (χ4v) is 3.72. The first kappa shape index (κ1) is 21.2. The molecule has 1 aliphatic heterocycles. The number of hydrogen-bond acceptors (Lipinski definition) is 5. The Morgan fingerprint density at radius 1 is 1.03 bits per heavy atom. The lowest BCUT2D eigenvalue weighted by atomic mass is 10.2. The molecule has 0 aliphatic carbocycles. The second-order valence-electron chi connectivity index (χ2n) is 8.34. The first-order valence-electron chi connectivity index (χ1n) is 10.5. The molecule has 29 heavy (non-hydrogen) atoms. The molecule has 0 unspecified atom stereocenters. The number of para-hydroxylation sites is 1. The quantitative estimate of drug-likeness (QED) is 0.750. The summed E-state index contributed by atoms with van der Waals surface area (Å²) in [6.07, 6.45) is 0. The number of aromatic nitrogens is 2. The van der Waals surface area contributed by atoms with Crippen molar-refractivity contribution >= 4 is 17.4 Å². The molecule has 2 heterocycles. The smallest absolute Gasteiger partial charge is 0.241 e. The van der Waals surface area contributed by atoms with E-state index >= 15 is 0 Å². The highest BCUT2D eigenvalue weighted by atomic mass is 16.2. The molecule has 1 saturated heterocycles. The van der Waals surface area contributed by atoms with Gasteiger partial charge in [-0.1, -0.05) is 32.0 Å². The number of anilines is 2. The first-order valence-corrected chi connectivity index (χ1v) is 10.5. The van der Waals surface area contributed by atoms with Crippen molar-refractivity contribution in [2.75, 3.05) is 42.5 Å². The molecule has 1 amide bonds. The standard InChI is InChI=1S/C23H33N5O/c1-17(2)23-24-19(5)15-21(25-23)27-13-11-26(12-14-27)16-22(29)28(18(3)4)20-9-7-6-8-10-20/h6-10,15,17-18H,11-14,16H2,1-5H3. The third kappa shape index (κ3) is 5.32. The molecule has 2 aromatic rings. The van der Waals surface area contributed by atoms with Crippen LogP contribution in [0.2, 0.25) is 0 Å². The predicted molar refractivity (Wildman–Crippen MR) is 119 cm³/mol. The molecule has 1 fully saturated rings. The Bertz CT molecular complexity index is 813. The van der Waals surface area contributed by atoms with Gasteiger partial charge in [-0.15, -0.1) is 0 Å². The minimum atomic E-state index is 0.129. The van der Waals surface area contributed by atoms with Crippen molar-refractivity contribution in [2.24, 2.45) is 0 Å². The SMILES string of the molecule is Cc1cc(N2CCN(CC(=O)N(c3ccccc3)C(C)C)CC2)nc(C(C)C)n1. The third-order valence-electron chi connectivity index (χ3n) is 5.25. The first-order chi connectivity index (χ1) is 13.8. The monoisotopic (exact) mass is 395 g/mol. The van der Waals surface area contributed by atoms with Gasteiger partial charge in [0, 0.05) is 55.6 Å². The lowest BCUT2D eigenvalue weighted by molar-refractivity contribution is -0.120. The normalized spacial score (nSPS) is 15.2. The van der Waals surface area contributed by atoms with Crippen LogP contribution in [0.25, 0.3) is 0 Å². The molecule has 0 N–H and O–H groups in total. The summed E-state index contributed by atoms with van der Waals surface area (Å²) in [7, 11) is 0. The lowest BCUT2D eigenvalue weighted by Crippen LogP contribution is -2.51. The van der Waals surface area contributed by atoms with Gasteiger partial charge >= 0.3 is 0 Å². The third-order valence-corrected chi connectivity index (χ3v) is 5.25. The molecule has 1 aromatic carbocycles. The van der Waals surface area contributed by atoms with Crippen molar-refractivity contribution in [1.29, 1.82) is 0 Å². The number of rotatable bonds is 6. The van der Waals surface area contributed by atoms with Crippen LogP contribution in [0.15, 0.2) is 36.4 Å². The van der Waals surface area contributed by atoms with Gasteiger partial charge in [-0.25, -0.2) is 9.97 Å². The van der Waals surface area contributed by atoms with Gasteiger partial charge < -0.3 is 9.80 Å². The average molecular weight is 396 g/mol. The summed E-state index contributed by atoms with van der Waals surface area (Å²) in [6, 6.07) is 12.1. The Kier molecular flexibility index (Phi) is 6.85. The number of benzene rings is 1. The Morgan fingerprint density at radius 3 is 2.28 bits per heavy atom. The molecule has 6 nitrogen and oxygen atoms in total. The Hall–Kier alpha value is -2.47. The van der Waals surface area contributed by atoms with E-state index in [0.29, 0.717) is 12.5 Å². The minimum absolute atomic E-state index is 0.129. The number of carbonyl (C=O) groups excluding carboxylic acids is 1. The number of carbonyl (C=O) groups is 1. The van der Waals surface area contributed by atoms with Gasteiger partial charge in [0.25, 0.3) is 0 Å². The fourth-order valence-electron chi connectivity index (χ4n) is 3.72. The molecule has 1 aromatic heterocycles. The second kappa shape index (κ2) is 9.35. The van der Waals surface area contributed by atoms with Gasteiger partial charge in [-0.05, 0) is 32.9 Å². The van der Waals surface area contributed by atoms with Crippen LogP contribution in [0.3, 0.4) is 0 Å². The van der Waals surface area contributed by atoms with Crippen LogP contribution in [0.1, 0.15) is 45.1 Å². The Balaban J connectivity index is 1.62. The summed E-state index contributed by atoms with van der Waals surface area (Å²) in [6.45, 7) is 14.3. The molecule has 0 spiro atoms. The van der Waals surface area contributed by atoms with Crippen molar-refractivity contribution < 1.29 is 4.79 Å². The van der Waals surface area contributed by atoms with Gasteiger partial charge in [0.1, 0.15) is 11.6 Å². The molecule has 3 rings (SSSR count). The van der Waals surface area contributed by atoms with Crippen molar-refractivity contribution in [1.82, 2.24) is 14.9 Å². The maximum Gasteiger partial charge on any atom is 0.241 e. The van der Waals surface area contributed by atoms with Crippen LogP contribution >= 0.6 is 0 Å². The van der Waals surface area contributed by atoms with E-state index in [1.54, 1.807) is 0 Å². The molecule has 0 atom stereocenters. The van der Waals surface area contributed by atoms with Crippen LogP contribution in [0.4, 0.5) is 11.5 Å². The van der Waals surface area contributed by atoms with Gasteiger partial charge in [0.15, 0.2) is 0 Å². The number of hydrogen-bond donors (Lipinski definition) is 0. The van der Waals surface area contributed by atoms with Gasteiger partial charge in [-0.2, -0.15) is 0 Å². The number of amides is 1. The van der Waals surface area contributed by atoms with E-state index in [-0.39, 0.29) is 11.9 Å². The van der Waals surface area contributed by atoms with E-state index in [1.807, 2.05) is 42.2 Å². The zero-order valence-electron chi connectivity index (χ0n) is 18.3. The van der Waals surface area contributed by atoms with Crippen LogP contribution in [0.5, 0.6) is 0 Å². The van der Waals surface area contributed by atoms with Crippen LogP contribution in [-0.2, 0) is 4.79 Å². The van der Waals surface area contributed by atoms with E-state index in [9.17, 15) is 4.79 Å². The highest BCUT2D eigenvalue weighted by Crippen LogP contribution is 2.20. The highest BCUT2D eigenvalue weighted by Gasteiger charge is 2.25. The van der Waals surface area contributed by atoms with Crippen LogP contribution < -0.4 is 9.80 Å². The van der Waals surface area contributed by atoms with E-state index < -0.39 is 0 Å². The van der Waals surface area contributed by atoms with Crippen molar-refractivity contribution in [3.63, 3.8) is 0 Å². The summed E-state index contributed by atoms with van der Waals surface area (Å²) in [5.41, 5.74) is 1.97. The topological polar surface area (TPSA) is 52.6 Å².